The average molecular weight is 836 g/mol. The molecule has 2 saturated heterocycles. The van der Waals surface area contributed by atoms with Crippen molar-refractivity contribution in [1.29, 1.82) is 0 Å². The number of carbonyl (C=O) groups is 3. The maximum Gasteiger partial charge on any atom is 0.471 e. The number of halogens is 6. The van der Waals surface area contributed by atoms with E-state index in [0.717, 1.165) is 10.6 Å². The van der Waals surface area contributed by atoms with E-state index in [1.165, 1.54) is 11.5 Å². The summed E-state index contributed by atoms with van der Waals surface area (Å²) in [6.07, 6.45) is -15.6. The minimum absolute atomic E-state index is 0.00790. The molecule has 314 valence electrons. The van der Waals surface area contributed by atoms with E-state index in [1.54, 1.807) is 0 Å². The molecule has 0 spiro atoms. The first-order valence-corrected chi connectivity index (χ1v) is 22.0. The van der Waals surface area contributed by atoms with Crippen LogP contribution in [0.3, 0.4) is 0 Å². The molecular formula is C32H51F6N5O10Si2. The predicted octanol–water partition coefficient (Wildman–Crippen LogP) is 4.33. The number of nitrogens with zero attached hydrogens (tertiary/aromatic N) is 2. The first-order chi connectivity index (χ1) is 25.4. The number of fused-ring (bicyclic) bond motifs is 1. The second-order valence-electron chi connectivity index (χ2n) is 14.7. The van der Waals surface area contributed by atoms with Gasteiger partial charge in [-0.1, -0.05) is 55.4 Å². The molecule has 0 radical (unpaired) electrons. The molecule has 3 rings (SSSR count). The Balaban J connectivity index is 1.85. The van der Waals surface area contributed by atoms with Crippen LogP contribution in [0.5, 0.6) is 0 Å². The zero-order valence-electron chi connectivity index (χ0n) is 32.0. The predicted molar refractivity (Wildman–Crippen MR) is 188 cm³/mol. The highest BCUT2D eigenvalue weighted by Crippen LogP contribution is 2.48. The molecule has 1 aromatic heterocycles. The van der Waals surface area contributed by atoms with Crippen molar-refractivity contribution in [2.75, 3.05) is 32.8 Å². The van der Waals surface area contributed by atoms with E-state index >= 15 is 0 Å². The molecular weight excluding hydrogens is 785 g/mol. The van der Waals surface area contributed by atoms with E-state index in [4.69, 9.17) is 22.4 Å². The van der Waals surface area contributed by atoms with E-state index in [9.17, 15) is 50.3 Å². The van der Waals surface area contributed by atoms with Crippen LogP contribution in [0.4, 0.5) is 31.1 Å². The third-order valence-corrected chi connectivity index (χ3v) is 19.8. The summed E-state index contributed by atoms with van der Waals surface area (Å²) in [4.78, 5) is 63.8. The summed E-state index contributed by atoms with van der Waals surface area (Å²) in [6, 6.07) is 1.08. The van der Waals surface area contributed by atoms with Crippen LogP contribution in [-0.2, 0) is 32.0 Å². The summed E-state index contributed by atoms with van der Waals surface area (Å²) >= 11 is 0. The van der Waals surface area contributed by atoms with Gasteiger partial charge in [-0.3, -0.25) is 23.9 Å². The number of alkyl halides is 6. The van der Waals surface area contributed by atoms with E-state index in [0.29, 0.717) is 4.90 Å². The number of rotatable bonds is 14. The largest absolute Gasteiger partial charge is 0.471 e. The molecule has 1 aromatic rings. The number of nitrogens with one attached hydrogen (secondary N) is 3. The van der Waals surface area contributed by atoms with Crippen molar-refractivity contribution < 1.29 is 63.2 Å². The zero-order valence-corrected chi connectivity index (χ0v) is 34.0. The van der Waals surface area contributed by atoms with Gasteiger partial charge < -0.3 is 38.0 Å². The van der Waals surface area contributed by atoms with Crippen molar-refractivity contribution in [3.63, 3.8) is 0 Å². The number of hydrogen-bond acceptors (Lipinski definition) is 10. The third-order valence-electron chi connectivity index (χ3n) is 9.54. The van der Waals surface area contributed by atoms with Crippen molar-refractivity contribution in [2.24, 2.45) is 0 Å². The van der Waals surface area contributed by atoms with Gasteiger partial charge in [0, 0.05) is 38.4 Å². The van der Waals surface area contributed by atoms with Crippen LogP contribution in [0.15, 0.2) is 21.9 Å². The summed E-state index contributed by atoms with van der Waals surface area (Å²) < 4.78 is 111. The molecule has 4 atom stereocenters. The quantitative estimate of drug-likeness (QED) is 0.139. The smallest absolute Gasteiger partial charge is 0.439 e. The van der Waals surface area contributed by atoms with E-state index in [1.807, 2.05) is 55.4 Å². The summed E-state index contributed by atoms with van der Waals surface area (Å²) in [7, 11) is -6.35. The molecule has 15 nitrogen and oxygen atoms in total. The Morgan fingerprint density at radius 2 is 1.44 bits per heavy atom. The number of ether oxygens (including phenoxy) is 2. The molecule has 2 fully saturated rings. The Kier molecular flexibility index (Phi) is 15.4. The number of aromatic amines is 1. The summed E-state index contributed by atoms with van der Waals surface area (Å²) in [5, 5.41) is 3.93. The Bertz CT molecular complexity index is 1590. The van der Waals surface area contributed by atoms with Gasteiger partial charge in [-0.2, -0.15) is 26.3 Å². The van der Waals surface area contributed by atoms with Gasteiger partial charge in [0.2, 0.25) is 0 Å². The first kappa shape index (κ1) is 46.1. The molecule has 0 saturated carbocycles. The Morgan fingerprint density at radius 3 is 1.93 bits per heavy atom. The van der Waals surface area contributed by atoms with Crippen LogP contribution in [-0.4, -0.2) is 113 Å². The molecule has 0 bridgehead atoms. The lowest BCUT2D eigenvalue weighted by atomic mass is 10.1. The van der Waals surface area contributed by atoms with Crippen molar-refractivity contribution >= 4 is 35.0 Å². The van der Waals surface area contributed by atoms with Gasteiger partial charge in [-0.15, -0.1) is 0 Å². The highest BCUT2D eigenvalue weighted by Gasteiger charge is 2.62. The van der Waals surface area contributed by atoms with Crippen LogP contribution in [0, 0.1) is 0 Å². The number of alkyl carbamates (subject to hydrolysis) is 1. The second kappa shape index (κ2) is 18.3. The number of aromatic nitrogens is 2. The fourth-order valence-corrected chi connectivity index (χ4v) is 18.0. The standard InChI is InChI=1S/C32H51F6N5O10Si2/c1-18(2)54(19(3)4)49-17-22-24(52-55(53-54,20(5)6)21(7)8)25(26(50-22)43-16-11-23(44)41-29(43)47)51-30(48)40-13-10-15-42(28(46)32(36,37)38)14-9-12-39-27(45)31(33,34)35/h11,16,18-22,24-26H,9-10,12-15,17H2,1-8H3,(H,39,45)(H,40,48)(H,41,44,47)/t22-,24-,25-,26-/m1/s1. The molecule has 23 heteroatoms. The molecule has 0 unspecified atom stereocenters. The van der Waals surface area contributed by atoms with E-state index < -0.39 is 109 Å². The van der Waals surface area contributed by atoms with E-state index in [-0.39, 0.29) is 41.7 Å². The normalized spacial score (nSPS) is 22.7. The monoisotopic (exact) mass is 835 g/mol. The van der Waals surface area contributed by atoms with Gasteiger partial charge in [-0.25, -0.2) is 9.59 Å². The van der Waals surface area contributed by atoms with Crippen molar-refractivity contribution in [3.05, 3.63) is 33.1 Å². The Hall–Kier alpha value is -3.26. The van der Waals surface area contributed by atoms with Crippen LogP contribution >= 0.6 is 0 Å². The average Bonchev–Trinajstić information content (AvgIpc) is 3.36. The Morgan fingerprint density at radius 1 is 0.891 bits per heavy atom. The topological polar surface area (TPSA) is 180 Å². The molecule has 2 aliphatic rings. The minimum atomic E-state index is -5.29. The Labute approximate surface area is 316 Å². The van der Waals surface area contributed by atoms with Gasteiger partial charge in [0.15, 0.2) is 12.3 Å². The molecule has 3 N–H and O–H groups in total. The summed E-state index contributed by atoms with van der Waals surface area (Å²) in [6.45, 7) is 13.7. The van der Waals surface area contributed by atoms with Crippen LogP contribution in [0.25, 0.3) is 0 Å². The molecule has 55 heavy (non-hydrogen) atoms. The van der Waals surface area contributed by atoms with Gasteiger partial charge in [0.1, 0.15) is 12.2 Å². The van der Waals surface area contributed by atoms with Gasteiger partial charge >= 0.3 is 53.1 Å². The minimum Gasteiger partial charge on any atom is -0.439 e. The van der Waals surface area contributed by atoms with E-state index in [2.05, 4.69) is 10.3 Å². The molecule has 0 aliphatic carbocycles. The molecule has 3 heterocycles. The van der Waals surface area contributed by atoms with Gasteiger partial charge in [-0.05, 0) is 35.0 Å². The SMILES string of the molecule is CC(C)[Si]1(C(C)C)OC[C@H]2O[C@@H](n3ccc(=O)[nH]c3=O)[C@H](OC(=O)NCCCN(CCCNC(=O)C(F)(F)F)C(=O)C(F)(F)F)[C@@H]2O[Si](C(C)C)(C(C)C)O1. The highest BCUT2D eigenvalue weighted by atomic mass is 28.5. The van der Waals surface area contributed by atoms with Gasteiger partial charge in [0.05, 0.1) is 6.61 Å². The fourth-order valence-electron chi connectivity index (χ4n) is 6.79. The second-order valence-corrected chi connectivity index (χ2v) is 23.5. The third kappa shape index (κ3) is 11.0. The maximum atomic E-state index is 13.3. The molecule has 2 aliphatic heterocycles. The molecule has 0 aromatic carbocycles. The van der Waals surface area contributed by atoms with Gasteiger partial charge in [0.25, 0.3) is 5.56 Å². The highest BCUT2D eigenvalue weighted by molar-refractivity contribution is 6.84. The fraction of sp³-hybridized carbons (Fsp3) is 0.781. The molecule has 3 amide bonds. The number of amides is 3. The lowest BCUT2D eigenvalue weighted by Crippen LogP contribution is -2.66. The maximum absolute atomic E-state index is 13.3. The summed E-state index contributed by atoms with van der Waals surface area (Å²) in [5.74, 6) is -4.53. The number of H-pyrrole nitrogens is 1. The van der Waals surface area contributed by atoms with Crippen molar-refractivity contribution in [3.8, 4) is 0 Å². The van der Waals surface area contributed by atoms with Crippen molar-refractivity contribution in [2.45, 2.75) is 127 Å². The van der Waals surface area contributed by atoms with Crippen LogP contribution in [0.2, 0.25) is 22.2 Å². The number of carbonyl (C=O) groups excluding carboxylic acids is 3. The van der Waals surface area contributed by atoms with Crippen LogP contribution in [0.1, 0.15) is 74.5 Å². The summed E-state index contributed by atoms with van der Waals surface area (Å²) in [5.41, 5.74) is -1.86. The lowest BCUT2D eigenvalue weighted by molar-refractivity contribution is -0.185. The first-order valence-electron chi connectivity index (χ1n) is 18.0. The van der Waals surface area contributed by atoms with Crippen molar-refractivity contribution in [1.82, 2.24) is 25.1 Å². The van der Waals surface area contributed by atoms with Crippen LogP contribution < -0.4 is 21.9 Å². The lowest BCUT2D eigenvalue weighted by Gasteiger charge is -2.51. The number of hydrogen-bond donors (Lipinski definition) is 3. The zero-order chi connectivity index (χ0) is 41.7.